The lowest BCUT2D eigenvalue weighted by Crippen LogP contribution is -2.17. The molecule has 0 amide bonds. The molecule has 2 aromatic heterocycles. The standard InChI is InChI=1S/C14H15N7O2S/c1-9-7-10(2)20(18-9)13-16-17-14(19(13)15)24-8-11-5-3-4-6-12(11)21(22)23/h3-7H,8,15H2,1-2H3. The Morgan fingerprint density at radius 2 is 2.04 bits per heavy atom. The third kappa shape index (κ3) is 2.95. The number of hydrogen-bond acceptors (Lipinski definition) is 7. The molecule has 0 fully saturated rings. The molecule has 0 unspecified atom stereocenters. The smallest absolute Gasteiger partial charge is 0.273 e. The van der Waals surface area contributed by atoms with Crippen molar-refractivity contribution >= 4 is 17.4 Å². The van der Waals surface area contributed by atoms with Gasteiger partial charge in [0.05, 0.1) is 10.6 Å². The Morgan fingerprint density at radius 3 is 2.71 bits per heavy atom. The van der Waals surface area contributed by atoms with Crippen LogP contribution in [0.1, 0.15) is 17.0 Å². The van der Waals surface area contributed by atoms with Crippen molar-refractivity contribution < 1.29 is 4.92 Å². The number of rotatable bonds is 5. The molecule has 0 atom stereocenters. The summed E-state index contributed by atoms with van der Waals surface area (Å²) in [5.74, 6) is 6.81. The molecule has 2 heterocycles. The predicted molar refractivity (Wildman–Crippen MR) is 89.4 cm³/mol. The Morgan fingerprint density at radius 1 is 1.29 bits per heavy atom. The second kappa shape index (κ2) is 6.32. The van der Waals surface area contributed by atoms with Crippen LogP contribution < -0.4 is 5.84 Å². The van der Waals surface area contributed by atoms with Gasteiger partial charge >= 0.3 is 0 Å². The van der Waals surface area contributed by atoms with Crippen LogP contribution in [-0.2, 0) is 5.75 Å². The number of nitro groups is 1. The first-order chi connectivity index (χ1) is 11.5. The first-order valence-corrected chi connectivity index (χ1v) is 8.05. The summed E-state index contributed by atoms with van der Waals surface area (Å²) in [4.78, 5) is 10.7. The Balaban J connectivity index is 1.83. The normalized spacial score (nSPS) is 10.9. The van der Waals surface area contributed by atoms with Gasteiger partial charge in [0.2, 0.25) is 5.16 Å². The lowest BCUT2D eigenvalue weighted by atomic mass is 10.2. The molecule has 0 radical (unpaired) electrons. The van der Waals surface area contributed by atoms with Crippen molar-refractivity contribution in [2.75, 3.05) is 5.84 Å². The minimum absolute atomic E-state index is 0.0758. The number of aromatic nitrogens is 5. The van der Waals surface area contributed by atoms with Gasteiger partial charge in [-0.2, -0.15) is 5.10 Å². The number of nitrogens with two attached hydrogens (primary N) is 1. The van der Waals surface area contributed by atoms with E-state index < -0.39 is 4.92 Å². The number of benzene rings is 1. The third-order valence-corrected chi connectivity index (χ3v) is 4.38. The average molecular weight is 345 g/mol. The highest BCUT2D eigenvalue weighted by Gasteiger charge is 2.17. The van der Waals surface area contributed by atoms with E-state index in [9.17, 15) is 10.1 Å². The maximum Gasteiger partial charge on any atom is 0.273 e. The number of para-hydroxylation sites is 1. The molecule has 0 aliphatic heterocycles. The number of nitro benzene ring substituents is 1. The monoisotopic (exact) mass is 345 g/mol. The van der Waals surface area contributed by atoms with E-state index in [-0.39, 0.29) is 5.69 Å². The summed E-state index contributed by atoms with van der Waals surface area (Å²) < 4.78 is 2.94. The Bertz CT molecular complexity index is 902. The summed E-state index contributed by atoms with van der Waals surface area (Å²) in [6.07, 6.45) is 0. The van der Waals surface area contributed by atoms with Crippen LogP contribution in [0.2, 0.25) is 0 Å². The molecule has 9 nitrogen and oxygen atoms in total. The van der Waals surface area contributed by atoms with E-state index in [0.717, 1.165) is 11.4 Å². The van der Waals surface area contributed by atoms with Gasteiger partial charge in [-0.05, 0) is 19.9 Å². The van der Waals surface area contributed by atoms with Gasteiger partial charge in [-0.15, -0.1) is 10.2 Å². The van der Waals surface area contributed by atoms with Crippen LogP contribution in [0, 0.1) is 24.0 Å². The van der Waals surface area contributed by atoms with Crippen LogP contribution in [0.3, 0.4) is 0 Å². The summed E-state index contributed by atoms with van der Waals surface area (Å²) in [5, 5.41) is 24.0. The highest BCUT2D eigenvalue weighted by molar-refractivity contribution is 7.98. The van der Waals surface area contributed by atoms with Crippen LogP contribution in [0.4, 0.5) is 5.69 Å². The SMILES string of the molecule is Cc1cc(C)n(-c2nnc(SCc3ccccc3[N+](=O)[O-])n2N)n1. The van der Waals surface area contributed by atoms with Crippen LogP contribution in [0.15, 0.2) is 35.5 Å². The van der Waals surface area contributed by atoms with Crippen LogP contribution in [0.5, 0.6) is 0 Å². The second-order valence-electron chi connectivity index (χ2n) is 5.17. The van der Waals surface area contributed by atoms with E-state index in [1.807, 2.05) is 19.9 Å². The number of nitrogens with zero attached hydrogens (tertiary/aromatic N) is 6. The van der Waals surface area contributed by atoms with Crippen molar-refractivity contribution in [3.05, 3.63) is 57.4 Å². The average Bonchev–Trinajstić information content (AvgIpc) is 3.07. The molecule has 0 saturated heterocycles. The van der Waals surface area contributed by atoms with Gasteiger partial charge in [-0.25, -0.2) is 9.36 Å². The maximum absolute atomic E-state index is 11.1. The summed E-state index contributed by atoms with van der Waals surface area (Å²) in [5.41, 5.74) is 2.42. The Kier molecular flexibility index (Phi) is 4.21. The predicted octanol–water partition coefficient (Wildman–Crippen LogP) is 1.99. The highest BCUT2D eigenvalue weighted by Crippen LogP contribution is 2.27. The summed E-state index contributed by atoms with van der Waals surface area (Å²) >= 11 is 1.28. The first-order valence-electron chi connectivity index (χ1n) is 7.06. The van der Waals surface area contributed by atoms with E-state index >= 15 is 0 Å². The van der Waals surface area contributed by atoms with Crippen LogP contribution >= 0.6 is 11.8 Å². The van der Waals surface area contributed by atoms with Gasteiger partial charge in [0.15, 0.2) is 0 Å². The number of aryl methyl sites for hydroxylation is 2. The molecule has 0 aliphatic rings. The summed E-state index contributed by atoms with van der Waals surface area (Å²) in [6, 6.07) is 8.50. The van der Waals surface area contributed by atoms with E-state index in [4.69, 9.17) is 5.84 Å². The molecule has 0 spiro atoms. The molecule has 1 aromatic carbocycles. The topological polar surface area (TPSA) is 118 Å². The van der Waals surface area contributed by atoms with Gasteiger partial charge in [-0.1, -0.05) is 30.0 Å². The van der Waals surface area contributed by atoms with Crippen molar-refractivity contribution in [1.29, 1.82) is 0 Å². The Labute approximate surface area is 141 Å². The first kappa shape index (κ1) is 16.0. The maximum atomic E-state index is 11.1. The second-order valence-corrected chi connectivity index (χ2v) is 6.11. The molecule has 3 aromatic rings. The molecule has 10 heteroatoms. The zero-order valence-corrected chi connectivity index (χ0v) is 13.9. The largest absolute Gasteiger partial charge is 0.334 e. The van der Waals surface area contributed by atoms with Crippen molar-refractivity contribution in [3.63, 3.8) is 0 Å². The van der Waals surface area contributed by atoms with Gasteiger partial charge < -0.3 is 5.84 Å². The molecular formula is C14H15N7O2S. The minimum atomic E-state index is -0.398. The van der Waals surface area contributed by atoms with E-state index in [2.05, 4.69) is 15.3 Å². The zero-order valence-electron chi connectivity index (χ0n) is 13.1. The quantitative estimate of drug-likeness (QED) is 0.325. The van der Waals surface area contributed by atoms with Crippen molar-refractivity contribution in [3.8, 4) is 5.95 Å². The number of thioether (sulfide) groups is 1. The lowest BCUT2D eigenvalue weighted by Gasteiger charge is -2.05. The lowest BCUT2D eigenvalue weighted by molar-refractivity contribution is -0.385. The molecule has 24 heavy (non-hydrogen) atoms. The van der Waals surface area contributed by atoms with E-state index in [0.29, 0.717) is 22.4 Å². The van der Waals surface area contributed by atoms with Gasteiger partial charge in [-0.3, -0.25) is 10.1 Å². The van der Waals surface area contributed by atoms with Gasteiger partial charge in [0.1, 0.15) is 0 Å². The van der Waals surface area contributed by atoms with Gasteiger partial charge in [0, 0.05) is 23.1 Å². The molecule has 3 rings (SSSR count). The molecule has 0 saturated carbocycles. The molecule has 0 bridgehead atoms. The van der Waals surface area contributed by atoms with Gasteiger partial charge in [0.25, 0.3) is 11.6 Å². The van der Waals surface area contributed by atoms with Crippen LogP contribution in [0.25, 0.3) is 5.95 Å². The third-order valence-electron chi connectivity index (χ3n) is 3.39. The fourth-order valence-electron chi connectivity index (χ4n) is 2.30. The Hall–Kier alpha value is -2.88. The molecule has 124 valence electrons. The fourth-order valence-corrected chi connectivity index (χ4v) is 3.14. The van der Waals surface area contributed by atoms with Crippen molar-refractivity contribution in [2.24, 2.45) is 0 Å². The van der Waals surface area contributed by atoms with Crippen molar-refractivity contribution in [1.82, 2.24) is 24.7 Å². The molecule has 0 aliphatic carbocycles. The highest BCUT2D eigenvalue weighted by atomic mass is 32.2. The fraction of sp³-hybridized carbons (Fsp3) is 0.214. The number of hydrogen-bond donors (Lipinski definition) is 1. The molecule has 2 N–H and O–H groups in total. The summed E-state index contributed by atoms with van der Waals surface area (Å²) in [6.45, 7) is 3.78. The van der Waals surface area contributed by atoms with E-state index in [1.165, 1.54) is 22.5 Å². The number of nitrogen functional groups attached to an aromatic ring is 1. The van der Waals surface area contributed by atoms with Crippen molar-refractivity contribution in [2.45, 2.75) is 24.8 Å². The molecular weight excluding hydrogens is 330 g/mol. The zero-order chi connectivity index (χ0) is 17.3. The summed E-state index contributed by atoms with van der Waals surface area (Å²) in [7, 11) is 0. The minimum Gasteiger partial charge on any atom is -0.334 e. The van der Waals surface area contributed by atoms with Crippen LogP contribution in [-0.4, -0.2) is 29.6 Å². The van der Waals surface area contributed by atoms with E-state index in [1.54, 1.807) is 22.9 Å².